The maximum atomic E-state index is 8.20. The first-order valence-corrected chi connectivity index (χ1v) is 2.52. The average Bonchev–Trinajstić information content (AvgIpc) is 1.61. The minimum Gasteiger partial charge on any atom is -0.396 e. The van der Waals surface area contributed by atoms with E-state index in [1.807, 2.05) is 0 Å². The maximum Gasteiger partial charge on any atom is 0.0431 e. The normalized spacial score (nSPS) is 6.75. The van der Waals surface area contributed by atoms with E-state index in [9.17, 15) is 0 Å². The minimum atomic E-state index is 0. The minimum absolute atomic E-state index is 0. The summed E-state index contributed by atoms with van der Waals surface area (Å²) in [5.41, 5.74) is 0. The Labute approximate surface area is 80.5 Å². The fourth-order valence-corrected chi connectivity index (χ4v) is 0.362. The zero-order valence-electron chi connectivity index (χ0n) is 5.85. The van der Waals surface area contributed by atoms with E-state index in [0.29, 0.717) is 6.61 Å². The third-order valence-corrected chi connectivity index (χ3v) is 0.762. The van der Waals surface area contributed by atoms with Crippen LogP contribution in [-0.4, -0.2) is 11.7 Å². The Morgan fingerprint density at radius 3 is 1.88 bits per heavy atom. The van der Waals surface area contributed by atoms with Crippen LogP contribution in [-0.2, 0) is 0 Å². The Morgan fingerprint density at radius 1 is 1.25 bits per heavy atom. The average molecular weight is 242 g/mol. The molecule has 0 heterocycles. The van der Waals surface area contributed by atoms with Gasteiger partial charge in [-0.2, -0.15) is 0 Å². The molecule has 0 atom stereocenters. The van der Waals surface area contributed by atoms with E-state index < -0.39 is 0 Å². The van der Waals surface area contributed by atoms with Gasteiger partial charge in [-0.3, -0.25) is 0 Å². The Hall–Kier alpha value is 1.15. The van der Waals surface area contributed by atoms with E-state index in [4.69, 9.17) is 5.11 Å². The van der Waals surface area contributed by atoms with Crippen LogP contribution in [0.25, 0.3) is 0 Å². The Balaban J connectivity index is -0.000000125. The van der Waals surface area contributed by atoms with Crippen LogP contribution >= 0.6 is 0 Å². The van der Waals surface area contributed by atoms with E-state index in [1.54, 1.807) is 0 Å². The van der Waals surface area contributed by atoms with Gasteiger partial charge in [0, 0.05) is 42.2 Å². The van der Waals surface area contributed by atoms with Gasteiger partial charge in [0.2, 0.25) is 0 Å². The molecule has 0 aromatic rings. The number of aliphatic hydroxyl groups excluding tert-OH is 1. The molecule has 0 aromatic carbocycles. The number of unbranched alkanes of at least 4 members (excludes halogenated alkanes) is 2. The molecular weight excluding hydrogens is 227 g/mol. The van der Waals surface area contributed by atoms with Crippen molar-refractivity contribution in [1.82, 2.24) is 0 Å². The summed E-state index contributed by atoms with van der Waals surface area (Å²) in [6, 6.07) is 0. The van der Waals surface area contributed by atoms with Gasteiger partial charge in [0.1, 0.15) is 0 Å². The smallest absolute Gasteiger partial charge is 0.0431 e. The van der Waals surface area contributed by atoms with Crippen LogP contribution in [0.3, 0.4) is 0 Å². The predicted octanol–water partition coefficient (Wildman–Crippen LogP) is 1.62. The van der Waals surface area contributed by atoms with Gasteiger partial charge in [0.15, 0.2) is 0 Å². The fraction of sp³-hybridized carbons (Fsp3) is 0.833. The monoisotopic (exact) mass is 242 g/mol. The summed E-state index contributed by atoms with van der Waals surface area (Å²) >= 11 is 0. The quantitative estimate of drug-likeness (QED) is 0.589. The number of aliphatic hydroxyl groups is 1. The third kappa shape index (κ3) is 15.7. The first-order chi connectivity index (χ1) is 2.91. The molecule has 0 spiro atoms. The predicted molar refractivity (Wildman–Crippen MR) is 33.0 cm³/mol. The van der Waals surface area contributed by atoms with Crippen molar-refractivity contribution >= 4 is 0 Å². The summed E-state index contributed by atoms with van der Waals surface area (Å²) < 4.78 is 0. The second kappa shape index (κ2) is 15.7. The molecule has 8 heavy (non-hydrogen) atoms. The first kappa shape index (κ1) is 16.1. The van der Waals surface area contributed by atoms with Crippen molar-refractivity contribution in [2.75, 3.05) is 6.61 Å². The van der Waals surface area contributed by atoms with Crippen molar-refractivity contribution in [3.05, 3.63) is 7.43 Å². The van der Waals surface area contributed by atoms with Gasteiger partial charge in [-0.05, 0) is 6.42 Å². The largest absolute Gasteiger partial charge is 0.396 e. The molecule has 0 rings (SSSR count). The standard InChI is InChI=1S/C5H12O.CH3.La/c1-2-3-4-5-6;;/h6H,2-5H2,1H3;1H3;/q;-1;. The van der Waals surface area contributed by atoms with Crippen molar-refractivity contribution < 1.29 is 40.7 Å². The van der Waals surface area contributed by atoms with Crippen LogP contribution in [0.5, 0.6) is 0 Å². The second-order valence-corrected chi connectivity index (χ2v) is 1.43. The molecule has 0 aliphatic heterocycles. The Kier molecular flexibility index (Phi) is 31.6. The summed E-state index contributed by atoms with van der Waals surface area (Å²) in [5, 5.41) is 8.20. The van der Waals surface area contributed by atoms with Crippen molar-refractivity contribution in [2.24, 2.45) is 0 Å². The van der Waals surface area contributed by atoms with E-state index in [-0.39, 0.29) is 43.0 Å². The molecular formula is C6H15LaO-. The zero-order chi connectivity index (χ0) is 4.83. The zero-order valence-corrected chi connectivity index (χ0v) is 9.48. The van der Waals surface area contributed by atoms with Crippen molar-refractivity contribution in [1.29, 1.82) is 0 Å². The van der Waals surface area contributed by atoms with E-state index in [0.717, 1.165) is 12.8 Å². The first-order valence-electron chi connectivity index (χ1n) is 2.52. The van der Waals surface area contributed by atoms with Gasteiger partial charge in [-0.25, -0.2) is 0 Å². The molecule has 0 bridgehead atoms. The second-order valence-electron chi connectivity index (χ2n) is 1.43. The van der Waals surface area contributed by atoms with E-state index >= 15 is 0 Å². The SMILES string of the molecule is CCCCCO.[CH3-].[La]. The summed E-state index contributed by atoms with van der Waals surface area (Å²) in [6.45, 7) is 2.48. The van der Waals surface area contributed by atoms with Gasteiger partial charge < -0.3 is 12.5 Å². The van der Waals surface area contributed by atoms with Crippen LogP contribution in [0.1, 0.15) is 26.2 Å². The number of hydrogen-bond acceptors (Lipinski definition) is 1. The molecule has 49 valence electrons. The summed E-state index contributed by atoms with van der Waals surface area (Å²) in [5.74, 6) is 0. The van der Waals surface area contributed by atoms with E-state index in [1.165, 1.54) is 6.42 Å². The van der Waals surface area contributed by atoms with Crippen molar-refractivity contribution in [3.63, 3.8) is 0 Å². The summed E-state index contributed by atoms with van der Waals surface area (Å²) in [7, 11) is 0. The van der Waals surface area contributed by atoms with Crippen molar-refractivity contribution in [3.8, 4) is 0 Å². The fourth-order valence-electron chi connectivity index (χ4n) is 0.362. The van der Waals surface area contributed by atoms with Crippen LogP contribution in [0, 0.1) is 43.0 Å². The van der Waals surface area contributed by atoms with Gasteiger partial charge in [-0.1, -0.05) is 19.8 Å². The molecule has 0 fully saturated rings. The molecule has 0 saturated carbocycles. The van der Waals surface area contributed by atoms with Gasteiger partial charge in [0.25, 0.3) is 0 Å². The summed E-state index contributed by atoms with van der Waals surface area (Å²) in [4.78, 5) is 0. The van der Waals surface area contributed by atoms with Crippen LogP contribution in [0.2, 0.25) is 0 Å². The topological polar surface area (TPSA) is 20.2 Å². The van der Waals surface area contributed by atoms with Crippen LogP contribution in [0.4, 0.5) is 0 Å². The number of hydrogen-bond donors (Lipinski definition) is 1. The molecule has 0 saturated heterocycles. The molecule has 1 radical (unpaired) electrons. The molecule has 0 aliphatic carbocycles. The Bertz CT molecular complexity index is 20.5. The summed E-state index contributed by atoms with van der Waals surface area (Å²) in [6.07, 6.45) is 3.33. The van der Waals surface area contributed by atoms with Gasteiger partial charge in [0.05, 0.1) is 0 Å². The third-order valence-electron chi connectivity index (χ3n) is 0.762. The molecule has 1 N–H and O–H groups in total. The van der Waals surface area contributed by atoms with Crippen LogP contribution in [0.15, 0.2) is 0 Å². The molecule has 2 heteroatoms. The maximum absolute atomic E-state index is 8.20. The van der Waals surface area contributed by atoms with Gasteiger partial charge >= 0.3 is 0 Å². The van der Waals surface area contributed by atoms with Gasteiger partial charge in [-0.15, -0.1) is 0 Å². The molecule has 0 amide bonds. The van der Waals surface area contributed by atoms with E-state index in [2.05, 4.69) is 6.92 Å². The van der Waals surface area contributed by atoms with Crippen LogP contribution < -0.4 is 0 Å². The molecule has 0 unspecified atom stereocenters. The molecule has 0 aliphatic rings. The van der Waals surface area contributed by atoms with Crippen molar-refractivity contribution in [2.45, 2.75) is 26.2 Å². The number of rotatable bonds is 3. The Morgan fingerprint density at radius 2 is 1.75 bits per heavy atom. The molecule has 0 aromatic heterocycles. The molecule has 1 nitrogen and oxygen atoms in total.